The highest BCUT2D eigenvalue weighted by molar-refractivity contribution is 8.00. The minimum absolute atomic E-state index is 0.0662. The fourth-order valence-corrected chi connectivity index (χ4v) is 4.68. The first-order valence-electron chi connectivity index (χ1n) is 8.04. The second-order valence-electron chi connectivity index (χ2n) is 5.74. The molecule has 0 amide bonds. The van der Waals surface area contributed by atoms with Crippen molar-refractivity contribution in [3.8, 4) is 5.75 Å². The molecule has 0 unspecified atom stereocenters. The molecule has 0 aromatic heterocycles. The van der Waals surface area contributed by atoms with Crippen molar-refractivity contribution in [1.82, 2.24) is 0 Å². The van der Waals surface area contributed by atoms with Gasteiger partial charge in [-0.15, -0.1) is 11.8 Å². The Hall–Kier alpha value is -2.42. The molecule has 2 N–H and O–H groups in total. The van der Waals surface area contributed by atoms with Crippen molar-refractivity contribution in [3.63, 3.8) is 0 Å². The van der Waals surface area contributed by atoms with Gasteiger partial charge in [-0.05, 0) is 30.3 Å². The van der Waals surface area contributed by atoms with Gasteiger partial charge in [-0.3, -0.25) is 9.52 Å². The van der Waals surface area contributed by atoms with Gasteiger partial charge in [-0.1, -0.05) is 35.9 Å². The summed E-state index contributed by atoms with van der Waals surface area (Å²) in [5.41, 5.74) is 0.333. The maximum Gasteiger partial charge on any atom is 0.313 e. The molecule has 3 aromatic carbocycles. The van der Waals surface area contributed by atoms with E-state index in [0.717, 1.165) is 11.8 Å². The molecule has 0 bridgehead atoms. The second kappa shape index (κ2) is 8.30. The lowest BCUT2D eigenvalue weighted by molar-refractivity contribution is -0.133. The van der Waals surface area contributed by atoms with Crippen LogP contribution in [0.15, 0.2) is 64.4 Å². The summed E-state index contributed by atoms with van der Waals surface area (Å²) in [6, 6.07) is 14.5. The first-order chi connectivity index (χ1) is 13.3. The van der Waals surface area contributed by atoms with Gasteiger partial charge < -0.3 is 9.84 Å². The highest BCUT2D eigenvalue weighted by Gasteiger charge is 2.19. The lowest BCUT2D eigenvalue weighted by atomic mass is 10.1. The number of aliphatic carboxylic acids is 1. The zero-order valence-electron chi connectivity index (χ0n) is 14.7. The van der Waals surface area contributed by atoms with Crippen LogP contribution in [-0.4, -0.2) is 32.4 Å². The van der Waals surface area contributed by atoms with E-state index in [9.17, 15) is 13.2 Å². The third-order valence-electron chi connectivity index (χ3n) is 3.88. The molecule has 3 aromatic rings. The van der Waals surface area contributed by atoms with Crippen LogP contribution in [0.3, 0.4) is 0 Å². The van der Waals surface area contributed by atoms with Crippen molar-refractivity contribution in [1.29, 1.82) is 0 Å². The van der Waals surface area contributed by atoms with Gasteiger partial charge in [0.15, 0.2) is 0 Å². The predicted octanol–water partition coefficient (Wildman–Crippen LogP) is 4.48. The number of methoxy groups -OCH3 is 1. The van der Waals surface area contributed by atoms with Crippen LogP contribution in [0.5, 0.6) is 5.75 Å². The predicted molar refractivity (Wildman–Crippen MR) is 111 cm³/mol. The molecule has 0 aliphatic rings. The topological polar surface area (TPSA) is 92.7 Å². The minimum atomic E-state index is -3.86. The van der Waals surface area contributed by atoms with Crippen molar-refractivity contribution in [2.75, 3.05) is 17.6 Å². The van der Waals surface area contributed by atoms with Gasteiger partial charge >= 0.3 is 5.97 Å². The number of thioether (sulfide) groups is 1. The standard InChI is InChI=1S/C19H16ClNO5S2/c1-26-19-15-5-3-2-4-14(15)16(10-17(19)27-11-18(22)23)21-28(24,25)13-8-6-12(20)7-9-13/h2-10,21H,11H2,1H3,(H,22,23). The lowest BCUT2D eigenvalue weighted by Crippen LogP contribution is -2.13. The molecule has 0 saturated heterocycles. The number of carboxylic acid groups (broad SMARTS) is 1. The average molecular weight is 438 g/mol. The van der Waals surface area contributed by atoms with Gasteiger partial charge in [0.05, 0.1) is 28.3 Å². The first-order valence-corrected chi connectivity index (χ1v) is 10.9. The number of rotatable bonds is 7. The molecule has 0 aliphatic carbocycles. The molecular formula is C19H16ClNO5S2. The third-order valence-corrected chi connectivity index (χ3v) is 6.52. The average Bonchev–Trinajstić information content (AvgIpc) is 2.66. The van der Waals surface area contributed by atoms with Gasteiger partial charge in [0.25, 0.3) is 10.0 Å². The SMILES string of the molecule is COc1c(SCC(=O)O)cc(NS(=O)(=O)c2ccc(Cl)cc2)c2ccccc12. The Morgan fingerprint density at radius 1 is 1.14 bits per heavy atom. The van der Waals surface area contributed by atoms with E-state index in [4.69, 9.17) is 21.4 Å². The molecule has 146 valence electrons. The molecule has 3 rings (SSSR count). The van der Waals surface area contributed by atoms with Crippen molar-refractivity contribution >= 4 is 55.8 Å². The summed E-state index contributed by atoms with van der Waals surface area (Å²) >= 11 is 6.89. The molecule has 0 atom stereocenters. The van der Waals surface area contributed by atoms with Gasteiger partial charge in [0, 0.05) is 15.8 Å². The zero-order chi connectivity index (χ0) is 20.3. The van der Waals surface area contributed by atoms with Gasteiger partial charge in [-0.2, -0.15) is 0 Å². The van der Waals surface area contributed by atoms with Crippen LogP contribution in [0.2, 0.25) is 5.02 Å². The lowest BCUT2D eigenvalue weighted by Gasteiger charge is -2.16. The van der Waals surface area contributed by atoms with Crippen molar-refractivity contribution in [2.24, 2.45) is 0 Å². The van der Waals surface area contributed by atoms with Crippen molar-refractivity contribution in [2.45, 2.75) is 9.79 Å². The molecule has 0 saturated carbocycles. The van der Waals surface area contributed by atoms with E-state index in [1.165, 1.54) is 31.4 Å². The number of halogens is 1. The quantitative estimate of drug-likeness (QED) is 0.529. The van der Waals surface area contributed by atoms with Crippen LogP contribution < -0.4 is 9.46 Å². The molecule has 0 spiro atoms. The fraction of sp³-hybridized carbons (Fsp3) is 0.105. The van der Waals surface area contributed by atoms with Crippen LogP contribution in [0.1, 0.15) is 0 Å². The number of ether oxygens (including phenoxy) is 1. The van der Waals surface area contributed by atoms with Crippen molar-refractivity contribution < 1.29 is 23.1 Å². The molecule has 0 fully saturated rings. The Morgan fingerprint density at radius 3 is 2.39 bits per heavy atom. The number of hydrogen-bond acceptors (Lipinski definition) is 5. The number of sulfonamides is 1. The first kappa shape index (κ1) is 20.3. The van der Waals surface area contributed by atoms with Gasteiger partial charge in [0.1, 0.15) is 5.75 Å². The Morgan fingerprint density at radius 2 is 1.79 bits per heavy atom. The van der Waals surface area contributed by atoms with Crippen LogP contribution >= 0.6 is 23.4 Å². The molecule has 0 aliphatic heterocycles. The van der Waals surface area contributed by atoms with E-state index < -0.39 is 16.0 Å². The number of nitrogens with one attached hydrogen (secondary N) is 1. The number of carboxylic acids is 1. The van der Waals surface area contributed by atoms with E-state index in [-0.39, 0.29) is 10.6 Å². The normalized spacial score (nSPS) is 11.4. The monoisotopic (exact) mass is 437 g/mol. The minimum Gasteiger partial charge on any atom is -0.495 e. The molecular weight excluding hydrogens is 422 g/mol. The second-order valence-corrected chi connectivity index (χ2v) is 8.88. The zero-order valence-corrected chi connectivity index (χ0v) is 17.1. The van der Waals surface area contributed by atoms with Gasteiger partial charge in [0.2, 0.25) is 0 Å². The summed E-state index contributed by atoms with van der Waals surface area (Å²) in [5, 5.41) is 10.7. The smallest absolute Gasteiger partial charge is 0.313 e. The summed E-state index contributed by atoms with van der Waals surface area (Å²) in [7, 11) is -2.37. The number of carbonyl (C=O) groups is 1. The van der Waals surface area contributed by atoms with Gasteiger partial charge in [-0.25, -0.2) is 8.42 Å². The van der Waals surface area contributed by atoms with Crippen LogP contribution in [0, 0.1) is 0 Å². The van der Waals surface area contributed by atoms with E-state index in [1.807, 2.05) is 0 Å². The highest BCUT2D eigenvalue weighted by Crippen LogP contribution is 2.41. The Balaban J connectivity index is 2.11. The number of hydrogen-bond donors (Lipinski definition) is 2. The third kappa shape index (κ3) is 4.35. The number of fused-ring (bicyclic) bond motifs is 1. The van der Waals surface area contributed by atoms with Crippen LogP contribution in [-0.2, 0) is 14.8 Å². The maximum absolute atomic E-state index is 12.8. The van der Waals surface area contributed by atoms with E-state index in [1.54, 1.807) is 30.3 Å². The highest BCUT2D eigenvalue weighted by atomic mass is 35.5. The Bertz CT molecular complexity index is 1130. The largest absolute Gasteiger partial charge is 0.495 e. The summed E-state index contributed by atoms with van der Waals surface area (Å²) in [6.07, 6.45) is 0. The summed E-state index contributed by atoms with van der Waals surface area (Å²) in [4.78, 5) is 11.6. The van der Waals surface area contributed by atoms with E-state index in [0.29, 0.717) is 32.1 Å². The number of benzene rings is 3. The maximum atomic E-state index is 12.8. The fourth-order valence-electron chi connectivity index (χ4n) is 2.68. The Kier molecular flexibility index (Phi) is 6.02. The molecule has 28 heavy (non-hydrogen) atoms. The van der Waals surface area contributed by atoms with E-state index in [2.05, 4.69) is 4.72 Å². The van der Waals surface area contributed by atoms with Crippen LogP contribution in [0.25, 0.3) is 10.8 Å². The van der Waals surface area contributed by atoms with E-state index >= 15 is 0 Å². The van der Waals surface area contributed by atoms with Crippen LogP contribution in [0.4, 0.5) is 5.69 Å². The number of anilines is 1. The molecule has 9 heteroatoms. The molecule has 0 radical (unpaired) electrons. The van der Waals surface area contributed by atoms with Crippen molar-refractivity contribution in [3.05, 3.63) is 59.6 Å². The molecule has 0 heterocycles. The molecule has 6 nitrogen and oxygen atoms in total. The summed E-state index contributed by atoms with van der Waals surface area (Å²) in [6.45, 7) is 0. The Labute approximate surface area is 171 Å². The summed E-state index contributed by atoms with van der Waals surface area (Å²) in [5.74, 6) is -0.669. The summed E-state index contributed by atoms with van der Waals surface area (Å²) < 4.78 is 33.7.